The van der Waals surface area contributed by atoms with Crippen molar-refractivity contribution in [3.63, 3.8) is 0 Å². The monoisotopic (exact) mass is 500 g/mol. The van der Waals surface area contributed by atoms with Gasteiger partial charge in [-0.25, -0.2) is 9.59 Å². The Kier molecular flexibility index (Phi) is 8.61. The van der Waals surface area contributed by atoms with Gasteiger partial charge in [-0.1, -0.05) is 24.8 Å². The number of aryl methyl sites for hydroxylation is 1. The van der Waals surface area contributed by atoms with Crippen LogP contribution < -0.4 is 5.32 Å². The second-order valence-electron chi connectivity index (χ2n) is 6.98. The summed E-state index contributed by atoms with van der Waals surface area (Å²) in [7, 11) is 2.46. The largest absolute Gasteiger partial charge is 0.465 e. The molecule has 0 spiro atoms. The van der Waals surface area contributed by atoms with E-state index in [9.17, 15) is 14.4 Å². The number of anilines is 1. The molecule has 0 radical (unpaired) electrons. The third-order valence-electron chi connectivity index (χ3n) is 4.68. The minimum Gasteiger partial charge on any atom is -0.465 e. The van der Waals surface area contributed by atoms with Crippen molar-refractivity contribution in [2.45, 2.75) is 25.0 Å². The first-order valence-electron chi connectivity index (χ1n) is 10.3. The first-order valence-corrected chi connectivity index (χ1v) is 12.1. The lowest BCUT2D eigenvalue weighted by molar-refractivity contribution is -0.113. The van der Waals surface area contributed by atoms with Crippen molar-refractivity contribution in [1.82, 2.24) is 14.8 Å². The SMILES string of the molecule is C=CCn1c(SCC(=O)Nc2cc(C(=O)OC)cc(C(=O)OC)c2)nnc1-c1csc(CC)c1. The van der Waals surface area contributed by atoms with Crippen LogP contribution in [0.4, 0.5) is 5.69 Å². The molecule has 0 unspecified atom stereocenters. The van der Waals surface area contributed by atoms with E-state index >= 15 is 0 Å². The summed E-state index contributed by atoms with van der Waals surface area (Å²) in [6.45, 7) is 6.39. The van der Waals surface area contributed by atoms with Crippen LogP contribution in [0.2, 0.25) is 0 Å². The molecule has 0 saturated heterocycles. The molecule has 2 aromatic heterocycles. The molecule has 3 rings (SSSR count). The zero-order chi connectivity index (χ0) is 24.7. The predicted molar refractivity (Wildman–Crippen MR) is 131 cm³/mol. The number of nitrogens with one attached hydrogen (secondary N) is 1. The number of allylic oxidation sites excluding steroid dienone is 1. The molecule has 0 fully saturated rings. The first-order chi connectivity index (χ1) is 16.4. The number of rotatable bonds is 10. The van der Waals surface area contributed by atoms with Gasteiger partial charge in [0.05, 0.1) is 31.1 Å². The maximum absolute atomic E-state index is 12.6. The molecule has 0 aliphatic carbocycles. The molecule has 0 saturated carbocycles. The summed E-state index contributed by atoms with van der Waals surface area (Å²) in [6.07, 6.45) is 2.69. The van der Waals surface area contributed by atoms with E-state index in [-0.39, 0.29) is 28.5 Å². The van der Waals surface area contributed by atoms with Crippen molar-refractivity contribution in [2.75, 3.05) is 25.3 Å². The van der Waals surface area contributed by atoms with E-state index in [1.165, 1.54) is 49.1 Å². The summed E-state index contributed by atoms with van der Waals surface area (Å²) in [6, 6.07) is 6.29. The average molecular weight is 501 g/mol. The topological polar surface area (TPSA) is 112 Å². The van der Waals surface area contributed by atoms with Crippen molar-refractivity contribution in [2.24, 2.45) is 0 Å². The standard InChI is InChI=1S/C23H24N4O5S2/c1-5-7-27-20(16-11-18(6-2)33-12-16)25-26-23(27)34-13-19(28)24-17-9-14(21(29)31-3)8-15(10-17)22(30)32-4/h5,8-12H,1,6-7,13H2,2-4H3,(H,24,28). The Hall–Kier alpha value is -3.44. The Bertz CT molecular complexity index is 1180. The van der Waals surface area contributed by atoms with Crippen molar-refractivity contribution < 1.29 is 23.9 Å². The number of ether oxygens (including phenoxy) is 2. The van der Waals surface area contributed by atoms with Gasteiger partial charge >= 0.3 is 11.9 Å². The predicted octanol–water partition coefficient (Wildman–Crippen LogP) is 4.06. The Morgan fingerprint density at radius 1 is 1.12 bits per heavy atom. The molecular formula is C23H24N4O5S2. The van der Waals surface area contributed by atoms with Crippen molar-refractivity contribution in [3.8, 4) is 11.4 Å². The highest BCUT2D eigenvalue weighted by atomic mass is 32.2. The highest BCUT2D eigenvalue weighted by Crippen LogP contribution is 2.28. The zero-order valence-electron chi connectivity index (χ0n) is 19.0. The van der Waals surface area contributed by atoms with E-state index in [1.807, 2.05) is 9.95 Å². The smallest absolute Gasteiger partial charge is 0.337 e. The van der Waals surface area contributed by atoms with Crippen LogP contribution in [0.25, 0.3) is 11.4 Å². The van der Waals surface area contributed by atoms with Crippen LogP contribution in [0, 0.1) is 0 Å². The fourth-order valence-corrected chi connectivity index (χ4v) is 4.65. The second kappa shape index (κ2) is 11.6. The number of hydrogen-bond acceptors (Lipinski definition) is 9. The van der Waals surface area contributed by atoms with E-state index < -0.39 is 11.9 Å². The first kappa shape index (κ1) is 25.2. The van der Waals surface area contributed by atoms with Crippen LogP contribution in [0.5, 0.6) is 0 Å². The Labute approximate surface area is 205 Å². The number of aromatic nitrogens is 3. The molecule has 0 atom stereocenters. The molecule has 2 heterocycles. The van der Waals surface area contributed by atoms with Crippen molar-refractivity contribution >= 4 is 46.6 Å². The number of thiophene rings is 1. The average Bonchev–Trinajstić information content (AvgIpc) is 3.48. The molecule has 1 amide bonds. The van der Waals surface area contributed by atoms with Crippen LogP contribution in [0.15, 0.2) is 47.5 Å². The van der Waals surface area contributed by atoms with Gasteiger partial charge in [-0.05, 0) is 30.7 Å². The third kappa shape index (κ3) is 5.91. The molecule has 1 N–H and O–H groups in total. The molecule has 0 bridgehead atoms. The third-order valence-corrected chi connectivity index (χ3v) is 6.73. The molecule has 34 heavy (non-hydrogen) atoms. The molecule has 0 aliphatic rings. The van der Waals surface area contributed by atoms with E-state index in [4.69, 9.17) is 9.47 Å². The minimum absolute atomic E-state index is 0.0368. The quantitative estimate of drug-likeness (QED) is 0.252. The van der Waals surface area contributed by atoms with Crippen LogP contribution >= 0.6 is 23.1 Å². The Morgan fingerprint density at radius 2 is 1.79 bits per heavy atom. The molecule has 178 valence electrons. The Balaban J connectivity index is 1.75. The highest BCUT2D eigenvalue weighted by molar-refractivity contribution is 7.99. The molecule has 1 aromatic carbocycles. The summed E-state index contributed by atoms with van der Waals surface area (Å²) in [5.74, 6) is -0.871. The van der Waals surface area contributed by atoms with Gasteiger partial charge in [-0.15, -0.1) is 28.1 Å². The van der Waals surface area contributed by atoms with Crippen LogP contribution in [0.3, 0.4) is 0 Å². The number of esters is 2. The van der Waals surface area contributed by atoms with Crippen LogP contribution in [-0.2, 0) is 27.2 Å². The highest BCUT2D eigenvalue weighted by Gasteiger charge is 2.18. The molecule has 3 aromatic rings. The fourth-order valence-electron chi connectivity index (χ4n) is 3.08. The molecular weight excluding hydrogens is 476 g/mol. The van der Waals surface area contributed by atoms with Gasteiger partial charge in [0, 0.05) is 28.1 Å². The lowest BCUT2D eigenvalue weighted by Crippen LogP contribution is -2.16. The number of nitrogens with zero attached hydrogens (tertiary/aromatic N) is 3. The lowest BCUT2D eigenvalue weighted by atomic mass is 10.1. The van der Waals surface area contributed by atoms with Gasteiger partial charge < -0.3 is 14.8 Å². The summed E-state index contributed by atoms with van der Waals surface area (Å²) in [5, 5.41) is 13.9. The number of thioether (sulfide) groups is 1. The second-order valence-corrected chi connectivity index (χ2v) is 8.92. The van der Waals surface area contributed by atoms with E-state index in [1.54, 1.807) is 17.4 Å². The number of methoxy groups -OCH3 is 2. The number of benzene rings is 1. The minimum atomic E-state index is -0.639. The van der Waals surface area contributed by atoms with Gasteiger partial charge in [0.1, 0.15) is 0 Å². The summed E-state index contributed by atoms with van der Waals surface area (Å²) >= 11 is 2.89. The number of amides is 1. The van der Waals surface area contributed by atoms with Gasteiger partial charge in [0.2, 0.25) is 5.91 Å². The maximum Gasteiger partial charge on any atom is 0.337 e. The van der Waals surface area contributed by atoms with Gasteiger partial charge in [0.15, 0.2) is 11.0 Å². The zero-order valence-corrected chi connectivity index (χ0v) is 20.6. The van der Waals surface area contributed by atoms with E-state index in [2.05, 4.69) is 35.1 Å². The molecule has 9 nitrogen and oxygen atoms in total. The summed E-state index contributed by atoms with van der Waals surface area (Å²) in [5.41, 5.74) is 1.48. The lowest BCUT2D eigenvalue weighted by Gasteiger charge is -2.10. The summed E-state index contributed by atoms with van der Waals surface area (Å²) in [4.78, 5) is 37.8. The fraction of sp³-hybridized carbons (Fsp3) is 0.261. The van der Waals surface area contributed by atoms with E-state index in [0.717, 1.165) is 12.0 Å². The maximum atomic E-state index is 12.6. The van der Waals surface area contributed by atoms with Crippen molar-refractivity contribution in [1.29, 1.82) is 0 Å². The van der Waals surface area contributed by atoms with Crippen molar-refractivity contribution in [3.05, 3.63) is 58.3 Å². The van der Waals surface area contributed by atoms with Crippen LogP contribution in [-0.4, -0.2) is 52.6 Å². The molecule has 11 heteroatoms. The number of carbonyl (C=O) groups excluding carboxylic acids is 3. The normalized spacial score (nSPS) is 10.6. The molecule has 0 aliphatic heterocycles. The van der Waals surface area contributed by atoms with Crippen LogP contribution in [0.1, 0.15) is 32.5 Å². The van der Waals surface area contributed by atoms with E-state index in [0.29, 0.717) is 17.5 Å². The summed E-state index contributed by atoms with van der Waals surface area (Å²) < 4.78 is 11.3. The number of carbonyl (C=O) groups is 3. The number of hydrogen-bond donors (Lipinski definition) is 1. The van der Waals surface area contributed by atoms with Gasteiger partial charge in [-0.3, -0.25) is 9.36 Å². The van der Waals surface area contributed by atoms with Gasteiger partial charge in [0.25, 0.3) is 0 Å². The Morgan fingerprint density at radius 3 is 2.35 bits per heavy atom. The van der Waals surface area contributed by atoms with Gasteiger partial charge in [-0.2, -0.15) is 0 Å².